The molecule has 0 fully saturated rings. The first-order valence-corrected chi connectivity index (χ1v) is 10.7. The molecule has 4 rings (SSSR count). The van der Waals surface area contributed by atoms with Crippen molar-refractivity contribution in [3.8, 4) is 5.75 Å². The summed E-state index contributed by atoms with van der Waals surface area (Å²) in [6.45, 7) is 0.184. The van der Waals surface area contributed by atoms with Crippen molar-refractivity contribution in [3.63, 3.8) is 0 Å². The van der Waals surface area contributed by atoms with Gasteiger partial charge in [0.15, 0.2) is 5.75 Å². The van der Waals surface area contributed by atoms with Gasteiger partial charge in [0.05, 0.1) is 20.9 Å². The third-order valence-electron chi connectivity index (χ3n) is 4.73. The molecule has 0 saturated carbocycles. The van der Waals surface area contributed by atoms with E-state index in [1.54, 1.807) is 18.2 Å². The number of fused-ring (bicyclic) bond motifs is 1. The number of amides is 1. The predicted octanol–water partition coefficient (Wildman–Crippen LogP) is 5.06. The molecule has 11 heteroatoms. The van der Waals surface area contributed by atoms with E-state index >= 15 is 0 Å². The summed E-state index contributed by atoms with van der Waals surface area (Å²) in [5, 5.41) is 26.8. The van der Waals surface area contributed by atoms with Crippen molar-refractivity contribution in [3.05, 3.63) is 109 Å². The minimum atomic E-state index is -0.549. The molecule has 3 aromatic carbocycles. The Morgan fingerprint density at radius 3 is 2.53 bits per heavy atom. The van der Waals surface area contributed by atoms with Crippen LogP contribution in [0.3, 0.4) is 0 Å². The number of carbonyl (C=O) groups excluding carboxylic acids is 1. The highest BCUT2D eigenvalue weighted by Crippen LogP contribution is 2.30. The summed E-state index contributed by atoms with van der Waals surface area (Å²) in [6.07, 6.45) is 1.28. The standard InChI is InChI=1S/C23H16N4O6S/c28-23(22-12-17-11-18(26(29)30)7-9-21(17)34-22)25-24-13-16-6-8-20(19(10-16)27(31)32)33-14-15-4-2-1-3-5-15/h1-13H,14H2,(H,25,28)/b24-13-. The third-order valence-corrected chi connectivity index (χ3v) is 5.85. The van der Waals surface area contributed by atoms with Crippen molar-refractivity contribution in [1.82, 2.24) is 5.43 Å². The summed E-state index contributed by atoms with van der Waals surface area (Å²) < 4.78 is 6.32. The van der Waals surface area contributed by atoms with Crippen molar-refractivity contribution >= 4 is 44.9 Å². The van der Waals surface area contributed by atoms with Crippen molar-refractivity contribution in [1.29, 1.82) is 0 Å². The minimum Gasteiger partial charge on any atom is -0.482 e. The normalized spacial score (nSPS) is 10.9. The zero-order valence-electron chi connectivity index (χ0n) is 17.4. The summed E-state index contributed by atoms with van der Waals surface area (Å²) in [5.74, 6) is -0.383. The Kier molecular flexibility index (Phi) is 6.55. The molecule has 0 unspecified atom stereocenters. The topological polar surface area (TPSA) is 137 Å². The third kappa shape index (κ3) is 5.22. The highest BCUT2D eigenvalue weighted by molar-refractivity contribution is 7.20. The highest BCUT2D eigenvalue weighted by Gasteiger charge is 2.16. The Morgan fingerprint density at radius 1 is 1.00 bits per heavy atom. The van der Waals surface area contributed by atoms with Gasteiger partial charge in [-0.25, -0.2) is 5.43 Å². The molecule has 0 aliphatic heterocycles. The average molecular weight is 476 g/mol. The SMILES string of the molecule is O=C(N/N=C\c1ccc(OCc2ccccc2)c([N+](=O)[O-])c1)c1cc2cc([N+](=O)[O-])ccc2s1. The number of nitrogens with one attached hydrogen (secondary N) is 1. The molecule has 1 aromatic heterocycles. The molecule has 1 heterocycles. The molecular formula is C23H16N4O6S. The molecule has 1 N–H and O–H groups in total. The van der Waals surface area contributed by atoms with Crippen LogP contribution in [0.1, 0.15) is 20.8 Å². The zero-order chi connectivity index (χ0) is 24.1. The maximum absolute atomic E-state index is 12.4. The largest absolute Gasteiger partial charge is 0.482 e. The maximum Gasteiger partial charge on any atom is 0.311 e. The van der Waals surface area contributed by atoms with Crippen LogP contribution in [-0.2, 0) is 6.61 Å². The number of rotatable bonds is 8. The van der Waals surface area contributed by atoms with Gasteiger partial charge in [0, 0.05) is 33.8 Å². The lowest BCUT2D eigenvalue weighted by Gasteiger charge is -2.07. The molecule has 0 bridgehead atoms. The summed E-state index contributed by atoms with van der Waals surface area (Å²) in [4.78, 5) is 34.1. The Balaban J connectivity index is 1.44. The number of thiophene rings is 1. The van der Waals surface area contributed by atoms with Crippen LogP contribution in [0.5, 0.6) is 5.75 Å². The number of hydrogen-bond donors (Lipinski definition) is 1. The van der Waals surface area contributed by atoms with Gasteiger partial charge < -0.3 is 4.74 Å². The van der Waals surface area contributed by atoms with Crippen LogP contribution >= 0.6 is 11.3 Å². The van der Waals surface area contributed by atoms with E-state index < -0.39 is 15.8 Å². The van der Waals surface area contributed by atoms with E-state index in [1.807, 2.05) is 30.3 Å². The Bertz CT molecular complexity index is 1420. The maximum atomic E-state index is 12.4. The molecule has 0 aliphatic carbocycles. The smallest absolute Gasteiger partial charge is 0.311 e. The summed E-state index contributed by atoms with van der Waals surface area (Å²) >= 11 is 1.17. The lowest BCUT2D eigenvalue weighted by Crippen LogP contribution is -2.16. The van der Waals surface area contributed by atoms with Crippen LogP contribution in [0, 0.1) is 20.2 Å². The Hall–Kier alpha value is -4.64. The van der Waals surface area contributed by atoms with Crippen molar-refractivity contribution in [2.75, 3.05) is 0 Å². The molecule has 0 saturated heterocycles. The Labute approximate surface area is 196 Å². The quantitative estimate of drug-likeness (QED) is 0.214. The fourth-order valence-corrected chi connectivity index (χ4v) is 4.02. The average Bonchev–Trinajstić information content (AvgIpc) is 3.27. The molecule has 34 heavy (non-hydrogen) atoms. The van der Waals surface area contributed by atoms with Gasteiger partial charge in [-0.15, -0.1) is 11.3 Å². The van der Waals surface area contributed by atoms with E-state index in [0.717, 1.165) is 10.3 Å². The van der Waals surface area contributed by atoms with Gasteiger partial charge in [-0.05, 0) is 29.8 Å². The van der Waals surface area contributed by atoms with E-state index in [2.05, 4.69) is 10.5 Å². The van der Waals surface area contributed by atoms with Crippen molar-refractivity contribution < 1.29 is 19.4 Å². The minimum absolute atomic E-state index is 0.0620. The van der Waals surface area contributed by atoms with Gasteiger partial charge in [-0.1, -0.05) is 30.3 Å². The Morgan fingerprint density at radius 2 is 1.79 bits per heavy atom. The second-order valence-corrected chi connectivity index (χ2v) is 8.13. The molecule has 1 amide bonds. The van der Waals surface area contributed by atoms with E-state index in [1.165, 1.54) is 41.8 Å². The second kappa shape index (κ2) is 9.88. The van der Waals surface area contributed by atoms with Crippen LogP contribution in [0.2, 0.25) is 0 Å². The second-order valence-electron chi connectivity index (χ2n) is 7.05. The van der Waals surface area contributed by atoms with E-state index in [0.29, 0.717) is 15.8 Å². The summed E-state index contributed by atoms with van der Waals surface area (Å²) in [5.41, 5.74) is 3.35. The fourth-order valence-electron chi connectivity index (χ4n) is 3.09. The molecule has 170 valence electrons. The first kappa shape index (κ1) is 22.6. The zero-order valence-corrected chi connectivity index (χ0v) is 18.2. The number of non-ortho nitro benzene ring substituents is 1. The number of carbonyl (C=O) groups is 1. The van der Waals surface area contributed by atoms with Gasteiger partial charge >= 0.3 is 5.69 Å². The molecule has 0 atom stereocenters. The van der Waals surface area contributed by atoms with Crippen molar-refractivity contribution in [2.45, 2.75) is 6.61 Å². The molecule has 4 aromatic rings. The lowest BCUT2D eigenvalue weighted by atomic mass is 10.2. The van der Waals surface area contributed by atoms with Crippen LogP contribution in [-0.4, -0.2) is 22.0 Å². The summed E-state index contributed by atoms with van der Waals surface area (Å²) in [7, 11) is 0. The number of benzene rings is 3. The number of hydrogen-bond acceptors (Lipinski definition) is 8. The first-order chi connectivity index (χ1) is 16.4. The van der Waals surface area contributed by atoms with E-state index in [4.69, 9.17) is 4.74 Å². The monoisotopic (exact) mass is 476 g/mol. The predicted molar refractivity (Wildman–Crippen MR) is 127 cm³/mol. The fraction of sp³-hybridized carbons (Fsp3) is 0.0435. The molecule has 10 nitrogen and oxygen atoms in total. The molecule has 0 aliphatic rings. The van der Waals surface area contributed by atoms with Crippen LogP contribution in [0.15, 0.2) is 77.9 Å². The van der Waals surface area contributed by atoms with Gasteiger partial charge in [0.2, 0.25) is 0 Å². The number of hydrazone groups is 1. The summed E-state index contributed by atoms with van der Waals surface area (Å²) in [6, 6.07) is 19.5. The molecule has 0 spiro atoms. The van der Waals surface area contributed by atoms with Crippen LogP contribution in [0.4, 0.5) is 11.4 Å². The number of nitro groups is 2. The van der Waals surface area contributed by atoms with Crippen LogP contribution in [0.25, 0.3) is 10.1 Å². The van der Waals surface area contributed by atoms with E-state index in [-0.39, 0.29) is 23.7 Å². The molecular weight excluding hydrogens is 460 g/mol. The van der Waals surface area contributed by atoms with Gasteiger partial charge in [0.1, 0.15) is 6.61 Å². The molecule has 0 radical (unpaired) electrons. The van der Waals surface area contributed by atoms with Gasteiger partial charge in [0.25, 0.3) is 11.6 Å². The van der Waals surface area contributed by atoms with E-state index in [9.17, 15) is 25.0 Å². The van der Waals surface area contributed by atoms with Crippen LogP contribution < -0.4 is 10.2 Å². The number of nitrogens with zero attached hydrogens (tertiary/aromatic N) is 3. The number of nitro benzene ring substituents is 2. The lowest BCUT2D eigenvalue weighted by molar-refractivity contribution is -0.386. The highest BCUT2D eigenvalue weighted by atomic mass is 32.1. The van der Waals surface area contributed by atoms with Gasteiger partial charge in [-0.3, -0.25) is 25.0 Å². The number of ether oxygens (including phenoxy) is 1. The van der Waals surface area contributed by atoms with Gasteiger partial charge in [-0.2, -0.15) is 5.10 Å². The van der Waals surface area contributed by atoms with Crippen molar-refractivity contribution in [2.24, 2.45) is 5.10 Å². The first-order valence-electron chi connectivity index (χ1n) is 9.87.